The van der Waals surface area contributed by atoms with E-state index in [0.29, 0.717) is 0 Å². The van der Waals surface area contributed by atoms with Crippen LogP contribution in [0.4, 0.5) is 11.6 Å². The van der Waals surface area contributed by atoms with Gasteiger partial charge in [0, 0.05) is 26.7 Å². The predicted molar refractivity (Wildman–Crippen MR) is 83.2 cm³/mol. The van der Waals surface area contributed by atoms with Crippen molar-refractivity contribution in [2.45, 2.75) is 37.3 Å². The number of nitrogens with zero attached hydrogens (tertiary/aromatic N) is 3. The summed E-state index contributed by atoms with van der Waals surface area (Å²) in [6.45, 7) is 1.11. The average Bonchev–Trinajstić information content (AvgIpc) is 2.47. The summed E-state index contributed by atoms with van der Waals surface area (Å²) >= 11 is 1.59. The first-order chi connectivity index (χ1) is 9.22. The van der Waals surface area contributed by atoms with Gasteiger partial charge in [0.15, 0.2) is 5.16 Å². The number of thioether (sulfide) groups is 1. The first kappa shape index (κ1) is 14.4. The monoisotopic (exact) mass is 280 g/mol. The fraction of sp³-hybridized carbons (Fsp3) is 0.714. The zero-order chi connectivity index (χ0) is 13.7. The van der Waals surface area contributed by atoms with Crippen LogP contribution in [-0.4, -0.2) is 36.9 Å². The van der Waals surface area contributed by atoms with Crippen LogP contribution in [0.1, 0.15) is 32.1 Å². The first-order valence-electron chi connectivity index (χ1n) is 7.05. The van der Waals surface area contributed by atoms with Crippen LogP contribution < -0.4 is 10.2 Å². The molecule has 106 valence electrons. The predicted octanol–water partition coefficient (Wildman–Crippen LogP) is 3.26. The summed E-state index contributed by atoms with van der Waals surface area (Å²) < 4.78 is 0. The van der Waals surface area contributed by atoms with Crippen molar-refractivity contribution in [3.05, 3.63) is 6.07 Å². The molecular formula is C14H24N4S. The Kier molecular flexibility index (Phi) is 5.31. The second-order valence-corrected chi connectivity index (χ2v) is 6.01. The number of hydrogen-bond donors (Lipinski definition) is 1. The quantitative estimate of drug-likeness (QED) is 0.662. The highest BCUT2D eigenvalue weighted by atomic mass is 32.2. The van der Waals surface area contributed by atoms with Gasteiger partial charge in [-0.2, -0.15) is 0 Å². The Hall–Kier alpha value is -0.970. The van der Waals surface area contributed by atoms with Crippen LogP contribution in [0.15, 0.2) is 11.2 Å². The van der Waals surface area contributed by atoms with E-state index in [1.807, 2.05) is 19.4 Å². The summed E-state index contributed by atoms with van der Waals surface area (Å²) in [5.41, 5.74) is 0. The summed E-state index contributed by atoms with van der Waals surface area (Å²) in [5.74, 6) is 2.74. The van der Waals surface area contributed by atoms with Crippen LogP contribution in [0.2, 0.25) is 0 Å². The molecule has 4 nitrogen and oxygen atoms in total. The SMILES string of the molecule is CNc1cc(N(C)CC2CCCCC2)nc(SC)n1. The van der Waals surface area contributed by atoms with Crippen molar-refractivity contribution in [2.24, 2.45) is 5.92 Å². The van der Waals surface area contributed by atoms with Crippen molar-refractivity contribution in [2.75, 3.05) is 37.1 Å². The molecule has 0 bridgehead atoms. The summed E-state index contributed by atoms with van der Waals surface area (Å²) in [4.78, 5) is 11.3. The number of anilines is 2. The highest BCUT2D eigenvalue weighted by Crippen LogP contribution is 2.26. The van der Waals surface area contributed by atoms with E-state index in [1.165, 1.54) is 32.1 Å². The van der Waals surface area contributed by atoms with E-state index < -0.39 is 0 Å². The van der Waals surface area contributed by atoms with Gasteiger partial charge < -0.3 is 10.2 Å². The molecule has 1 aliphatic carbocycles. The standard InChI is InChI=1S/C14H24N4S/c1-15-12-9-13(17-14(16-12)19-3)18(2)10-11-7-5-4-6-8-11/h9,11H,4-8,10H2,1-3H3,(H,15,16,17). The molecule has 1 fully saturated rings. The van der Waals surface area contributed by atoms with Gasteiger partial charge >= 0.3 is 0 Å². The minimum Gasteiger partial charge on any atom is -0.373 e. The van der Waals surface area contributed by atoms with E-state index in [2.05, 4.69) is 27.2 Å². The minimum atomic E-state index is 0.824. The van der Waals surface area contributed by atoms with Gasteiger partial charge in [-0.05, 0) is 25.0 Å². The fourth-order valence-electron chi connectivity index (χ4n) is 2.68. The molecule has 0 aliphatic heterocycles. The number of nitrogens with one attached hydrogen (secondary N) is 1. The molecule has 1 heterocycles. The van der Waals surface area contributed by atoms with E-state index in [4.69, 9.17) is 0 Å². The van der Waals surface area contributed by atoms with Crippen LogP contribution in [0, 0.1) is 5.92 Å². The van der Waals surface area contributed by atoms with Crippen molar-refractivity contribution in [1.29, 1.82) is 0 Å². The molecular weight excluding hydrogens is 256 g/mol. The molecule has 0 unspecified atom stereocenters. The lowest BCUT2D eigenvalue weighted by molar-refractivity contribution is 0.361. The highest BCUT2D eigenvalue weighted by molar-refractivity contribution is 7.98. The normalized spacial score (nSPS) is 16.4. The zero-order valence-corrected chi connectivity index (χ0v) is 13.0. The van der Waals surface area contributed by atoms with E-state index >= 15 is 0 Å². The average molecular weight is 280 g/mol. The molecule has 0 radical (unpaired) electrons. The summed E-state index contributed by atoms with van der Waals surface area (Å²) in [6.07, 6.45) is 8.93. The van der Waals surface area contributed by atoms with Crippen molar-refractivity contribution >= 4 is 23.4 Å². The molecule has 0 saturated heterocycles. The Morgan fingerprint density at radius 3 is 2.68 bits per heavy atom. The first-order valence-corrected chi connectivity index (χ1v) is 8.27. The smallest absolute Gasteiger partial charge is 0.191 e. The molecule has 5 heteroatoms. The summed E-state index contributed by atoms with van der Waals surface area (Å²) in [7, 11) is 4.04. The van der Waals surface area contributed by atoms with Gasteiger partial charge in [0.05, 0.1) is 0 Å². The van der Waals surface area contributed by atoms with Crippen molar-refractivity contribution in [1.82, 2.24) is 9.97 Å². The number of rotatable bonds is 5. The zero-order valence-electron chi connectivity index (χ0n) is 12.1. The van der Waals surface area contributed by atoms with Gasteiger partial charge in [-0.15, -0.1) is 0 Å². The van der Waals surface area contributed by atoms with Crippen LogP contribution in [0.25, 0.3) is 0 Å². The second-order valence-electron chi connectivity index (χ2n) is 5.23. The molecule has 1 aliphatic rings. The Balaban J connectivity index is 2.06. The number of hydrogen-bond acceptors (Lipinski definition) is 5. The molecule has 19 heavy (non-hydrogen) atoms. The Bertz CT molecular complexity index is 382. The van der Waals surface area contributed by atoms with Crippen molar-refractivity contribution < 1.29 is 0 Å². The van der Waals surface area contributed by atoms with Gasteiger partial charge in [0.1, 0.15) is 11.6 Å². The molecule has 0 amide bonds. The third-order valence-electron chi connectivity index (χ3n) is 3.78. The lowest BCUT2D eigenvalue weighted by Gasteiger charge is -2.28. The molecule has 2 rings (SSSR count). The van der Waals surface area contributed by atoms with Crippen LogP contribution in [-0.2, 0) is 0 Å². The third kappa shape index (κ3) is 4.00. The lowest BCUT2D eigenvalue weighted by Crippen LogP contribution is -2.27. The van der Waals surface area contributed by atoms with Crippen molar-refractivity contribution in [3.8, 4) is 0 Å². The highest BCUT2D eigenvalue weighted by Gasteiger charge is 2.17. The van der Waals surface area contributed by atoms with Gasteiger partial charge in [0.25, 0.3) is 0 Å². The topological polar surface area (TPSA) is 41.0 Å². The van der Waals surface area contributed by atoms with Gasteiger partial charge in [-0.1, -0.05) is 31.0 Å². The third-order valence-corrected chi connectivity index (χ3v) is 4.33. The molecule has 1 aromatic rings. The summed E-state index contributed by atoms with van der Waals surface area (Å²) in [5, 5.41) is 3.94. The maximum Gasteiger partial charge on any atom is 0.191 e. The Labute approximate surface area is 120 Å². The molecule has 0 spiro atoms. The van der Waals surface area contributed by atoms with E-state index in [9.17, 15) is 0 Å². The molecule has 1 saturated carbocycles. The number of aromatic nitrogens is 2. The second kappa shape index (κ2) is 6.98. The van der Waals surface area contributed by atoms with Crippen LogP contribution in [0.3, 0.4) is 0 Å². The fourth-order valence-corrected chi connectivity index (χ4v) is 3.05. The van der Waals surface area contributed by atoms with E-state index in [1.54, 1.807) is 11.8 Å². The van der Waals surface area contributed by atoms with Gasteiger partial charge in [0.2, 0.25) is 0 Å². The molecule has 0 atom stereocenters. The van der Waals surface area contributed by atoms with Gasteiger partial charge in [-0.3, -0.25) is 0 Å². The lowest BCUT2D eigenvalue weighted by atomic mass is 9.89. The minimum absolute atomic E-state index is 0.824. The Morgan fingerprint density at radius 2 is 2.05 bits per heavy atom. The van der Waals surface area contributed by atoms with Crippen LogP contribution in [0.5, 0.6) is 0 Å². The molecule has 0 aromatic carbocycles. The Morgan fingerprint density at radius 1 is 1.32 bits per heavy atom. The van der Waals surface area contributed by atoms with Gasteiger partial charge in [-0.25, -0.2) is 9.97 Å². The van der Waals surface area contributed by atoms with E-state index in [-0.39, 0.29) is 0 Å². The maximum atomic E-state index is 4.60. The van der Waals surface area contributed by atoms with Crippen molar-refractivity contribution in [3.63, 3.8) is 0 Å². The molecule has 1 N–H and O–H groups in total. The largest absolute Gasteiger partial charge is 0.373 e. The molecule has 1 aromatic heterocycles. The summed E-state index contributed by atoms with van der Waals surface area (Å²) in [6, 6.07) is 2.03. The van der Waals surface area contributed by atoms with E-state index in [0.717, 1.165) is 29.3 Å². The van der Waals surface area contributed by atoms with Crippen LogP contribution >= 0.6 is 11.8 Å². The maximum absolute atomic E-state index is 4.60.